The van der Waals surface area contributed by atoms with Gasteiger partial charge in [0.2, 0.25) is 17.7 Å². The molecule has 168 valence electrons. The van der Waals surface area contributed by atoms with E-state index >= 15 is 0 Å². The molecule has 3 N–H and O–H groups in total. The standard InChI is InChI=1S/C22H30FN5O3/c23-18-12-15(17-4-6-20(29)25-22(17)31)3-5-19(18)27-10-8-26(9-11-27)14-21(30)28-7-1-2-16(24)13-28/h3,5,12,16-17H,1-2,4,6-11,13-14,24H2,(H,25,29,31). The zero-order valence-corrected chi connectivity index (χ0v) is 17.7. The van der Waals surface area contributed by atoms with Crippen LogP contribution < -0.4 is 16.0 Å². The number of amides is 3. The van der Waals surface area contributed by atoms with Crippen LogP contribution in [0.15, 0.2) is 18.2 Å². The lowest BCUT2D eigenvalue weighted by atomic mass is 9.90. The van der Waals surface area contributed by atoms with Gasteiger partial charge in [-0.3, -0.25) is 24.6 Å². The van der Waals surface area contributed by atoms with Gasteiger partial charge >= 0.3 is 0 Å². The maximum atomic E-state index is 14.9. The van der Waals surface area contributed by atoms with E-state index in [0.717, 1.165) is 19.4 Å². The molecule has 8 nitrogen and oxygen atoms in total. The first-order valence-electron chi connectivity index (χ1n) is 11.0. The van der Waals surface area contributed by atoms with Crippen LogP contribution in [0.4, 0.5) is 10.1 Å². The van der Waals surface area contributed by atoms with Gasteiger partial charge < -0.3 is 15.5 Å². The Kier molecular flexibility index (Phi) is 6.52. The predicted octanol–water partition coefficient (Wildman–Crippen LogP) is 0.418. The van der Waals surface area contributed by atoms with Crippen molar-refractivity contribution in [1.29, 1.82) is 0 Å². The molecule has 0 aliphatic carbocycles. The summed E-state index contributed by atoms with van der Waals surface area (Å²) in [5.41, 5.74) is 7.07. The van der Waals surface area contributed by atoms with Crippen LogP contribution in [0.3, 0.4) is 0 Å². The Labute approximate surface area is 181 Å². The first-order valence-corrected chi connectivity index (χ1v) is 11.0. The number of nitrogens with one attached hydrogen (secondary N) is 1. The highest BCUT2D eigenvalue weighted by Gasteiger charge is 2.29. The smallest absolute Gasteiger partial charge is 0.236 e. The molecule has 3 fully saturated rings. The van der Waals surface area contributed by atoms with Crippen LogP contribution in [0.5, 0.6) is 0 Å². The highest BCUT2D eigenvalue weighted by atomic mass is 19.1. The van der Waals surface area contributed by atoms with Gasteiger partial charge in [-0.2, -0.15) is 0 Å². The molecule has 3 aliphatic heterocycles. The zero-order valence-electron chi connectivity index (χ0n) is 17.7. The molecule has 3 heterocycles. The van der Waals surface area contributed by atoms with Crippen molar-refractivity contribution < 1.29 is 18.8 Å². The average molecular weight is 432 g/mol. The lowest BCUT2D eigenvalue weighted by molar-refractivity contribution is -0.135. The summed E-state index contributed by atoms with van der Waals surface area (Å²) in [5.74, 6) is -1.39. The van der Waals surface area contributed by atoms with Crippen LogP contribution in [0.1, 0.15) is 37.2 Å². The summed E-state index contributed by atoms with van der Waals surface area (Å²) in [5, 5.41) is 2.32. The fourth-order valence-corrected chi connectivity index (χ4v) is 4.68. The molecule has 3 amide bonds. The predicted molar refractivity (Wildman–Crippen MR) is 114 cm³/mol. The number of carbonyl (C=O) groups is 3. The fraction of sp³-hybridized carbons (Fsp3) is 0.591. The van der Waals surface area contributed by atoms with Crippen molar-refractivity contribution in [2.45, 2.75) is 37.6 Å². The van der Waals surface area contributed by atoms with Crippen molar-refractivity contribution in [3.63, 3.8) is 0 Å². The lowest BCUT2D eigenvalue weighted by Crippen LogP contribution is -2.52. The van der Waals surface area contributed by atoms with Gasteiger partial charge in [-0.25, -0.2) is 4.39 Å². The molecule has 2 unspecified atom stereocenters. The van der Waals surface area contributed by atoms with Crippen LogP contribution >= 0.6 is 0 Å². The molecule has 9 heteroatoms. The Morgan fingerprint density at radius 2 is 1.90 bits per heavy atom. The van der Waals surface area contributed by atoms with Crippen molar-refractivity contribution in [2.75, 3.05) is 50.7 Å². The molecule has 0 radical (unpaired) electrons. The fourth-order valence-electron chi connectivity index (χ4n) is 4.68. The van der Waals surface area contributed by atoms with E-state index in [2.05, 4.69) is 10.2 Å². The van der Waals surface area contributed by atoms with Crippen molar-refractivity contribution >= 4 is 23.4 Å². The monoisotopic (exact) mass is 431 g/mol. The van der Waals surface area contributed by atoms with Crippen molar-refractivity contribution in [3.05, 3.63) is 29.6 Å². The van der Waals surface area contributed by atoms with E-state index in [4.69, 9.17) is 5.73 Å². The van der Waals surface area contributed by atoms with E-state index in [1.54, 1.807) is 12.1 Å². The minimum atomic E-state index is -0.494. The molecule has 3 aliphatic rings. The van der Waals surface area contributed by atoms with Crippen LogP contribution in [-0.2, 0) is 14.4 Å². The lowest BCUT2D eigenvalue weighted by Gasteiger charge is -2.38. The number of imide groups is 1. The number of hydrogen-bond acceptors (Lipinski definition) is 6. The van der Waals surface area contributed by atoms with Crippen LogP contribution in [-0.4, -0.2) is 79.4 Å². The number of anilines is 1. The molecule has 0 bridgehead atoms. The van der Waals surface area contributed by atoms with Gasteiger partial charge in [-0.1, -0.05) is 6.07 Å². The van der Waals surface area contributed by atoms with Crippen LogP contribution in [0.2, 0.25) is 0 Å². The third-order valence-electron chi connectivity index (χ3n) is 6.50. The molecular weight excluding hydrogens is 401 g/mol. The summed E-state index contributed by atoms with van der Waals surface area (Å²) in [6.07, 6.45) is 2.59. The Morgan fingerprint density at radius 1 is 1.13 bits per heavy atom. The Hall–Kier alpha value is -2.52. The molecule has 1 aromatic carbocycles. The largest absolute Gasteiger partial charge is 0.367 e. The quantitative estimate of drug-likeness (QED) is 0.671. The van der Waals surface area contributed by atoms with E-state index in [1.165, 1.54) is 6.07 Å². The maximum Gasteiger partial charge on any atom is 0.236 e. The van der Waals surface area contributed by atoms with Crippen molar-refractivity contribution in [3.8, 4) is 0 Å². The summed E-state index contributed by atoms with van der Waals surface area (Å²) in [6.45, 7) is 4.39. The molecule has 0 aromatic heterocycles. The normalized spacial score (nSPS) is 25.5. The number of nitrogens with zero attached hydrogens (tertiary/aromatic N) is 3. The number of halogens is 1. The van der Waals surface area contributed by atoms with Crippen LogP contribution in [0.25, 0.3) is 0 Å². The number of nitrogens with two attached hydrogens (primary N) is 1. The van der Waals surface area contributed by atoms with Crippen LogP contribution in [0, 0.1) is 5.82 Å². The Balaban J connectivity index is 1.32. The topological polar surface area (TPSA) is 99.0 Å². The average Bonchev–Trinajstić information content (AvgIpc) is 2.74. The Morgan fingerprint density at radius 3 is 2.58 bits per heavy atom. The third kappa shape index (κ3) is 5.04. The van der Waals surface area contributed by atoms with E-state index in [9.17, 15) is 18.8 Å². The van der Waals surface area contributed by atoms with E-state index in [0.29, 0.717) is 56.9 Å². The third-order valence-corrected chi connectivity index (χ3v) is 6.50. The van der Waals surface area contributed by atoms with Gasteiger partial charge in [-0.05, 0) is 37.0 Å². The number of rotatable bonds is 4. The first-order chi connectivity index (χ1) is 14.9. The van der Waals surface area contributed by atoms with E-state index in [-0.39, 0.29) is 36.0 Å². The van der Waals surface area contributed by atoms with E-state index < -0.39 is 5.92 Å². The number of carbonyl (C=O) groups excluding carboxylic acids is 3. The molecule has 1 aromatic rings. The second-order valence-electron chi connectivity index (χ2n) is 8.72. The molecule has 3 saturated heterocycles. The minimum Gasteiger partial charge on any atom is -0.367 e. The highest BCUT2D eigenvalue weighted by molar-refractivity contribution is 6.00. The summed E-state index contributed by atoms with van der Waals surface area (Å²) in [7, 11) is 0. The SMILES string of the molecule is NC1CCCN(C(=O)CN2CCN(c3ccc(C4CCC(=O)NC4=O)cc3F)CC2)C1. The molecule has 0 spiro atoms. The van der Waals surface area contributed by atoms with Gasteiger partial charge in [0.1, 0.15) is 5.82 Å². The molecule has 2 atom stereocenters. The van der Waals surface area contributed by atoms with Gasteiger partial charge in [-0.15, -0.1) is 0 Å². The van der Waals surface area contributed by atoms with E-state index in [1.807, 2.05) is 9.80 Å². The van der Waals surface area contributed by atoms with Gasteiger partial charge in [0.05, 0.1) is 18.2 Å². The summed E-state index contributed by atoms with van der Waals surface area (Å²) < 4.78 is 14.9. The number of piperidine rings is 2. The number of hydrogen-bond donors (Lipinski definition) is 2. The van der Waals surface area contributed by atoms with Gasteiger partial charge in [0.25, 0.3) is 0 Å². The first kappa shape index (κ1) is 21.7. The van der Waals surface area contributed by atoms with Gasteiger partial charge in [0, 0.05) is 51.7 Å². The second-order valence-corrected chi connectivity index (χ2v) is 8.72. The summed E-state index contributed by atoms with van der Waals surface area (Å²) in [6, 6.07) is 4.96. The Bertz CT molecular complexity index is 856. The zero-order chi connectivity index (χ0) is 22.0. The number of benzene rings is 1. The number of piperazine rings is 1. The summed E-state index contributed by atoms with van der Waals surface area (Å²) in [4.78, 5) is 41.9. The molecule has 4 rings (SSSR count). The molecular formula is C22H30FN5O3. The minimum absolute atomic E-state index is 0.0701. The molecule has 0 saturated carbocycles. The van der Waals surface area contributed by atoms with Crippen molar-refractivity contribution in [2.24, 2.45) is 5.73 Å². The van der Waals surface area contributed by atoms with Crippen molar-refractivity contribution in [1.82, 2.24) is 15.1 Å². The summed E-state index contributed by atoms with van der Waals surface area (Å²) >= 11 is 0. The maximum absolute atomic E-state index is 14.9. The van der Waals surface area contributed by atoms with Gasteiger partial charge in [0.15, 0.2) is 0 Å². The second kappa shape index (κ2) is 9.32. The number of likely N-dealkylation sites (tertiary alicyclic amines) is 1. The highest BCUT2D eigenvalue weighted by Crippen LogP contribution is 2.29. The molecule has 31 heavy (non-hydrogen) atoms.